The number of hydrogen-bond acceptors (Lipinski definition) is 3. The van der Waals surface area contributed by atoms with Crippen LogP contribution in [0.4, 0.5) is 0 Å². The Hall–Kier alpha value is -1.10. The van der Waals surface area contributed by atoms with Crippen molar-refractivity contribution in [1.82, 2.24) is 4.98 Å². The van der Waals surface area contributed by atoms with Crippen LogP contribution in [0.25, 0.3) is 0 Å². The summed E-state index contributed by atoms with van der Waals surface area (Å²) in [6.45, 7) is 2.37. The minimum Gasteiger partial charge on any atom is -0.437 e. The Morgan fingerprint density at radius 3 is 2.78 bits per heavy atom. The lowest BCUT2D eigenvalue weighted by atomic mass is 10.2. The van der Waals surface area contributed by atoms with Crippen LogP contribution in [0.2, 0.25) is 5.02 Å². The number of hydrogen-bond donors (Lipinski definition) is 1. The smallest absolute Gasteiger partial charge is 0.219 e. The van der Waals surface area contributed by atoms with Gasteiger partial charge in [-0.1, -0.05) is 33.6 Å². The number of aromatic nitrogens is 1. The van der Waals surface area contributed by atoms with E-state index in [0.29, 0.717) is 23.2 Å². The molecule has 5 heteroatoms. The molecule has 0 atom stereocenters. The number of nitrogens with two attached hydrogens (primary N) is 1. The molecular formula is C13H12BrClN2O. The van der Waals surface area contributed by atoms with E-state index in [2.05, 4.69) is 20.9 Å². The summed E-state index contributed by atoms with van der Waals surface area (Å²) in [5.74, 6) is 1.07. The zero-order valence-corrected chi connectivity index (χ0v) is 12.1. The predicted molar refractivity (Wildman–Crippen MR) is 76.1 cm³/mol. The van der Waals surface area contributed by atoms with Crippen molar-refractivity contribution in [1.29, 1.82) is 0 Å². The summed E-state index contributed by atoms with van der Waals surface area (Å²) in [6.07, 6.45) is 0. The maximum absolute atomic E-state index is 6.05. The monoisotopic (exact) mass is 326 g/mol. The molecule has 0 aliphatic carbocycles. The van der Waals surface area contributed by atoms with E-state index >= 15 is 0 Å². The first-order valence-electron chi connectivity index (χ1n) is 5.39. The lowest BCUT2D eigenvalue weighted by Gasteiger charge is -2.09. The van der Waals surface area contributed by atoms with E-state index in [9.17, 15) is 0 Å². The fraction of sp³-hybridized carbons (Fsp3) is 0.154. The molecule has 18 heavy (non-hydrogen) atoms. The second-order valence-electron chi connectivity index (χ2n) is 3.77. The molecule has 0 unspecified atom stereocenters. The molecule has 2 N–H and O–H groups in total. The molecule has 0 amide bonds. The molecule has 0 aliphatic heterocycles. The molecule has 2 aromatic rings. The first-order valence-corrected chi connectivity index (χ1v) is 6.56. The van der Waals surface area contributed by atoms with Crippen LogP contribution < -0.4 is 10.5 Å². The van der Waals surface area contributed by atoms with E-state index in [0.717, 1.165) is 15.7 Å². The molecule has 3 nitrogen and oxygen atoms in total. The quantitative estimate of drug-likeness (QED) is 0.925. The molecule has 1 heterocycles. The van der Waals surface area contributed by atoms with Crippen LogP contribution in [0.3, 0.4) is 0 Å². The summed E-state index contributed by atoms with van der Waals surface area (Å²) in [5.41, 5.74) is 7.45. The van der Waals surface area contributed by atoms with E-state index in [1.165, 1.54) is 0 Å². The second-order valence-corrected chi connectivity index (χ2v) is 5.10. The minimum absolute atomic E-state index is 0.469. The highest BCUT2D eigenvalue weighted by Crippen LogP contribution is 2.31. The van der Waals surface area contributed by atoms with Gasteiger partial charge in [-0.25, -0.2) is 4.98 Å². The van der Waals surface area contributed by atoms with Crippen LogP contribution in [0.5, 0.6) is 11.6 Å². The number of pyridine rings is 1. The average Bonchev–Trinajstić information content (AvgIpc) is 2.34. The Labute approximate surface area is 119 Å². The topological polar surface area (TPSA) is 48.1 Å². The number of ether oxygens (including phenoxy) is 1. The van der Waals surface area contributed by atoms with Crippen LogP contribution >= 0.6 is 27.5 Å². The summed E-state index contributed by atoms with van der Waals surface area (Å²) in [6, 6.07) is 9.11. The Bertz CT molecular complexity index is 575. The van der Waals surface area contributed by atoms with Gasteiger partial charge in [-0.3, -0.25) is 0 Å². The van der Waals surface area contributed by atoms with Gasteiger partial charge in [0, 0.05) is 22.8 Å². The molecule has 2 rings (SSSR count). The van der Waals surface area contributed by atoms with E-state index in [1.54, 1.807) is 18.2 Å². The maximum atomic E-state index is 6.05. The van der Waals surface area contributed by atoms with Gasteiger partial charge >= 0.3 is 0 Å². The molecule has 0 saturated carbocycles. The zero-order valence-electron chi connectivity index (χ0n) is 9.78. The van der Waals surface area contributed by atoms with Gasteiger partial charge in [0.05, 0.1) is 5.02 Å². The van der Waals surface area contributed by atoms with Crippen molar-refractivity contribution >= 4 is 27.5 Å². The van der Waals surface area contributed by atoms with Gasteiger partial charge in [-0.2, -0.15) is 0 Å². The molecule has 0 aliphatic rings. The molecule has 1 aromatic heterocycles. The van der Waals surface area contributed by atoms with Gasteiger partial charge in [0.2, 0.25) is 5.88 Å². The fourth-order valence-corrected chi connectivity index (χ4v) is 2.00. The van der Waals surface area contributed by atoms with Crippen molar-refractivity contribution in [2.24, 2.45) is 5.73 Å². The molecular weight excluding hydrogens is 316 g/mol. The SMILES string of the molecule is Cc1nc(Oc2cc(Br)ccc2Cl)ccc1CN. The molecule has 0 bridgehead atoms. The third-order valence-electron chi connectivity index (χ3n) is 2.50. The minimum atomic E-state index is 0.469. The number of aryl methyl sites for hydroxylation is 1. The summed E-state index contributed by atoms with van der Waals surface area (Å²) in [5, 5.41) is 0.542. The highest BCUT2D eigenvalue weighted by atomic mass is 79.9. The normalized spacial score (nSPS) is 10.4. The average molecular weight is 328 g/mol. The molecule has 0 fully saturated rings. The standard InChI is InChI=1S/C13H12BrClN2O/c1-8-9(7-16)2-5-13(17-8)18-12-6-10(14)3-4-11(12)15/h2-6H,7,16H2,1H3. The molecule has 0 spiro atoms. The van der Waals surface area contributed by atoms with Gasteiger partial charge in [-0.05, 0) is 30.7 Å². The Balaban J connectivity index is 2.28. The van der Waals surface area contributed by atoms with Gasteiger partial charge in [0.25, 0.3) is 0 Å². The van der Waals surface area contributed by atoms with Crippen LogP contribution in [0.1, 0.15) is 11.3 Å². The fourth-order valence-electron chi connectivity index (χ4n) is 1.51. The second kappa shape index (κ2) is 5.69. The lowest BCUT2D eigenvalue weighted by Crippen LogP contribution is -2.01. The summed E-state index contributed by atoms with van der Waals surface area (Å²) >= 11 is 9.42. The van der Waals surface area contributed by atoms with Crippen molar-refractivity contribution in [3.63, 3.8) is 0 Å². The van der Waals surface area contributed by atoms with Crippen molar-refractivity contribution in [2.75, 3.05) is 0 Å². The van der Waals surface area contributed by atoms with Gasteiger partial charge in [0.15, 0.2) is 0 Å². The van der Waals surface area contributed by atoms with Crippen LogP contribution in [-0.2, 0) is 6.54 Å². The molecule has 94 valence electrons. The highest BCUT2D eigenvalue weighted by molar-refractivity contribution is 9.10. The Kier molecular flexibility index (Phi) is 4.22. The zero-order chi connectivity index (χ0) is 13.1. The number of benzene rings is 1. The van der Waals surface area contributed by atoms with Crippen molar-refractivity contribution in [2.45, 2.75) is 13.5 Å². The molecule has 1 aromatic carbocycles. The number of halogens is 2. The van der Waals surface area contributed by atoms with Crippen molar-refractivity contribution in [3.05, 3.63) is 51.1 Å². The largest absolute Gasteiger partial charge is 0.437 e. The first kappa shape index (κ1) is 13.3. The van der Waals surface area contributed by atoms with E-state index in [-0.39, 0.29) is 0 Å². The van der Waals surface area contributed by atoms with Crippen molar-refractivity contribution in [3.8, 4) is 11.6 Å². The van der Waals surface area contributed by atoms with Gasteiger partial charge in [-0.15, -0.1) is 0 Å². The number of rotatable bonds is 3. The molecule has 0 saturated heterocycles. The summed E-state index contributed by atoms with van der Waals surface area (Å²) in [4.78, 5) is 4.33. The van der Waals surface area contributed by atoms with Crippen LogP contribution in [0.15, 0.2) is 34.8 Å². The van der Waals surface area contributed by atoms with E-state index < -0.39 is 0 Å². The predicted octanol–water partition coefficient (Wildman–Crippen LogP) is 4.06. The maximum Gasteiger partial charge on any atom is 0.219 e. The van der Waals surface area contributed by atoms with Crippen LogP contribution in [0, 0.1) is 6.92 Å². The summed E-state index contributed by atoms with van der Waals surface area (Å²) in [7, 11) is 0. The Morgan fingerprint density at radius 1 is 1.33 bits per heavy atom. The Morgan fingerprint density at radius 2 is 2.11 bits per heavy atom. The van der Waals surface area contributed by atoms with Crippen molar-refractivity contribution < 1.29 is 4.74 Å². The third kappa shape index (κ3) is 3.02. The number of nitrogens with zero attached hydrogens (tertiary/aromatic N) is 1. The lowest BCUT2D eigenvalue weighted by molar-refractivity contribution is 0.461. The van der Waals surface area contributed by atoms with Gasteiger partial charge in [0.1, 0.15) is 5.75 Å². The van der Waals surface area contributed by atoms with E-state index in [1.807, 2.05) is 19.1 Å². The molecule has 0 radical (unpaired) electrons. The third-order valence-corrected chi connectivity index (χ3v) is 3.30. The van der Waals surface area contributed by atoms with E-state index in [4.69, 9.17) is 22.1 Å². The first-order chi connectivity index (χ1) is 8.60. The highest BCUT2D eigenvalue weighted by Gasteiger charge is 2.06. The summed E-state index contributed by atoms with van der Waals surface area (Å²) < 4.78 is 6.56. The van der Waals surface area contributed by atoms with Crippen LogP contribution in [-0.4, -0.2) is 4.98 Å². The van der Waals surface area contributed by atoms with Gasteiger partial charge < -0.3 is 10.5 Å².